The first-order valence-corrected chi connectivity index (χ1v) is 12.1. The molecule has 7 nitrogen and oxygen atoms in total. The Balaban J connectivity index is 1.40. The summed E-state index contributed by atoms with van der Waals surface area (Å²) in [5.74, 6) is 1.07. The Bertz CT molecular complexity index is 941. The second kappa shape index (κ2) is 8.87. The van der Waals surface area contributed by atoms with E-state index in [1.165, 1.54) is 25.7 Å². The molecule has 5 rings (SSSR count). The van der Waals surface area contributed by atoms with Gasteiger partial charge in [0, 0.05) is 43.8 Å². The fourth-order valence-corrected chi connectivity index (χ4v) is 5.78. The summed E-state index contributed by atoms with van der Waals surface area (Å²) in [4.78, 5) is 25.7. The van der Waals surface area contributed by atoms with Crippen molar-refractivity contribution >= 4 is 17.1 Å². The van der Waals surface area contributed by atoms with Crippen molar-refractivity contribution in [3.63, 3.8) is 0 Å². The maximum Gasteiger partial charge on any atom is 0.253 e. The lowest BCUT2D eigenvalue weighted by atomic mass is 9.79. The first-order valence-electron chi connectivity index (χ1n) is 12.1. The molecule has 1 saturated heterocycles. The highest BCUT2D eigenvalue weighted by Gasteiger charge is 2.39. The number of nitrogens with zero attached hydrogens (tertiary/aromatic N) is 4. The van der Waals surface area contributed by atoms with E-state index >= 15 is 0 Å². The van der Waals surface area contributed by atoms with E-state index in [2.05, 4.69) is 14.8 Å². The quantitative estimate of drug-likeness (QED) is 0.814. The molecule has 1 aliphatic carbocycles. The highest BCUT2D eigenvalue weighted by Crippen LogP contribution is 2.34. The third-order valence-corrected chi connectivity index (χ3v) is 7.48. The normalized spacial score (nSPS) is 22.1. The van der Waals surface area contributed by atoms with Crippen molar-refractivity contribution < 1.29 is 9.53 Å². The molecule has 2 aliphatic heterocycles. The number of carbonyl (C=O) groups is 1. The van der Waals surface area contributed by atoms with Crippen LogP contribution in [0.15, 0.2) is 6.07 Å². The molecule has 2 aromatic heterocycles. The van der Waals surface area contributed by atoms with Gasteiger partial charge in [-0.25, -0.2) is 9.97 Å². The molecular formula is C24H35N5O2. The molecular weight excluding hydrogens is 390 g/mol. The molecule has 2 fully saturated rings. The van der Waals surface area contributed by atoms with Crippen LogP contribution >= 0.6 is 0 Å². The number of amides is 1. The van der Waals surface area contributed by atoms with E-state index in [0.717, 1.165) is 87.6 Å². The number of hydrogen-bond acceptors (Lipinski definition) is 5. The third kappa shape index (κ3) is 4.10. The minimum Gasteiger partial charge on any atom is -0.379 e. The smallest absolute Gasteiger partial charge is 0.253 e. The summed E-state index contributed by atoms with van der Waals surface area (Å²) in [6.07, 6.45) is 10.6. The highest BCUT2D eigenvalue weighted by atomic mass is 16.5. The van der Waals surface area contributed by atoms with Crippen LogP contribution in [-0.4, -0.2) is 63.7 Å². The van der Waals surface area contributed by atoms with E-state index in [1.54, 1.807) is 0 Å². The van der Waals surface area contributed by atoms with Crippen LogP contribution in [0, 0.1) is 6.92 Å². The molecule has 1 N–H and O–H groups in total. The minimum atomic E-state index is -0.0121. The van der Waals surface area contributed by atoms with E-state index in [-0.39, 0.29) is 11.4 Å². The Kier molecular flexibility index (Phi) is 5.97. The average molecular weight is 426 g/mol. The molecule has 3 aliphatic rings. The lowest BCUT2D eigenvalue weighted by molar-refractivity contribution is -0.0361. The maximum absolute atomic E-state index is 13.4. The van der Waals surface area contributed by atoms with E-state index in [9.17, 15) is 4.79 Å². The topological polar surface area (TPSA) is 72.3 Å². The van der Waals surface area contributed by atoms with Crippen LogP contribution in [0.3, 0.4) is 0 Å². The number of carbonyl (C=O) groups excluding carboxylic acids is 1. The monoisotopic (exact) mass is 425 g/mol. The Hall–Kier alpha value is -1.99. The summed E-state index contributed by atoms with van der Waals surface area (Å²) in [5.41, 5.74) is 3.26. The van der Waals surface area contributed by atoms with Crippen molar-refractivity contribution in [2.75, 3.05) is 32.8 Å². The average Bonchev–Trinajstić information content (AvgIpc) is 2.98. The van der Waals surface area contributed by atoms with E-state index in [0.29, 0.717) is 12.1 Å². The van der Waals surface area contributed by atoms with E-state index in [1.807, 2.05) is 13.0 Å². The molecule has 7 heteroatoms. The SMILES string of the molecule is Cc1cc(C(=O)NCC2(N3CCOCC3)CCCCC2)c2nc3n(c2n1)CCCCC3. The summed E-state index contributed by atoms with van der Waals surface area (Å²) in [6, 6.07) is 1.91. The van der Waals surface area contributed by atoms with Gasteiger partial charge in [-0.2, -0.15) is 0 Å². The van der Waals surface area contributed by atoms with Gasteiger partial charge in [-0.3, -0.25) is 9.69 Å². The van der Waals surface area contributed by atoms with Gasteiger partial charge in [-0.05, 0) is 38.7 Å². The zero-order chi connectivity index (χ0) is 21.3. The number of hydrogen-bond donors (Lipinski definition) is 1. The van der Waals surface area contributed by atoms with Crippen molar-refractivity contribution in [1.82, 2.24) is 24.8 Å². The summed E-state index contributed by atoms with van der Waals surface area (Å²) in [7, 11) is 0. The van der Waals surface area contributed by atoms with Crippen LogP contribution in [0.25, 0.3) is 11.2 Å². The van der Waals surface area contributed by atoms with Crippen LogP contribution in [0.5, 0.6) is 0 Å². The molecule has 0 spiro atoms. The standard InChI is InChI=1S/C24H35N5O2/c1-18-16-19(21-22(26-18)29-11-7-2-4-8-20(29)27-21)23(30)25-17-24(9-5-3-6-10-24)28-12-14-31-15-13-28/h16H,2-15,17H2,1H3,(H,25,30). The van der Waals surface area contributed by atoms with Crippen molar-refractivity contribution in [3.8, 4) is 0 Å². The van der Waals surface area contributed by atoms with Crippen molar-refractivity contribution in [3.05, 3.63) is 23.1 Å². The number of ether oxygens (including phenoxy) is 1. The Labute approximate surface area is 184 Å². The zero-order valence-corrected chi connectivity index (χ0v) is 18.8. The van der Waals surface area contributed by atoms with E-state index < -0.39 is 0 Å². The van der Waals surface area contributed by atoms with Gasteiger partial charge >= 0.3 is 0 Å². The number of fused-ring (bicyclic) bond motifs is 3. The number of aromatic nitrogens is 3. The first-order chi connectivity index (χ1) is 15.2. The number of rotatable bonds is 4. The van der Waals surface area contributed by atoms with Crippen LogP contribution in [0.4, 0.5) is 0 Å². The summed E-state index contributed by atoms with van der Waals surface area (Å²) in [6.45, 7) is 7.12. The third-order valence-electron chi connectivity index (χ3n) is 7.48. The molecule has 2 aromatic rings. The molecule has 168 valence electrons. The minimum absolute atomic E-state index is 0.0121. The second-order valence-electron chi connectivity index (χ2n) is 9.54. The largest absolute Gasteiger partial charge is 0.379 e. The predicted octanol–water partition coefficient (Wildman–Crippen LogP) is 3.23. The van der Waals surface area contributed by atoms with Gasteiger partial charge in [0.2, 0.25) is 0 Å². The van der Waals surface area contributed by atoms with Crippen LogP contribution < -0.4 is 5.32 Å². The second-order valence-corrected chi connectivity index (χ2v) is 9.54. The van der Waals surface area contributed by atoms with Gasteiger partial charge in [0.25, 0.3) is 5.91 Å². The number of morpholine rings is 1. The Morgan fingerprint density at radius 1 is 1.06 bits per heavy atom. The molecule has 0 aromatic carbocycles. The van der Waals surface area contributed by atoms with Gasteiger partial charge in [-0.1, -0.05) is 25.7 Å². The summed E-state index contributed by atoms with van der Waals surface area (Å²) >= 11 is 0. The lowest BCUT2D eigenvalue weighted by Gasteiger charge is -2.48. The van der Waals surface area contributed by atoms with Gasteiger partial charge in [-0.15, -0.1) is 0 Å². The van der Waals surface area contributed by atoms with Gasteiger partial charge in [0.1, 0.15) is 11.3 Å². The number of pyridine rings is 1. The molecule has 0 atom stereocenters. The molecule has 4 heterocycles. The fourth-order valence-electron chi connectivity index (χ4n) is 5.78. The zero-order valence-electron chi connectivity index (χ0n) is 18.8. The van der Waals surface area contributed by atoms with Gasteiger partial charge < -0.3 is 14.6 Å². The van der Waals surface area contributed by atoms with Crippen LogP contribution in [0.2, 0.25) is 0 Å². The van der Waals surface area contributed by atoms with Gasteiger partial charge in [0.05, 0.1) is 18.8 Å². The Morgan fingerprint density at radius 2 is 1.84 bits per heavy atom. The van der Waals surface area contributed by atoms with Crippen molar-refractivity contribution in [1.29, 1.82) is 0 Å². The molecule has 0 radical (unpaired) electrons. The fraction of sp³-hybridized carbons (Fsp3) is 0.708. The van der Waals surface area contributed by atoms with E-state index in [4.69, 9.17) is 14.7 Å². The van der Waals surface area contributed by atoms with Crippen LogP contribution in [-0.2, 0) is 17.7 Å². The molecule has 31 heavy (non-hydrogen) atoms. The van der Waals surface area contributed by atoms with Gasteiger partial charge in [0.15, 0.2) is 5.65 Å². The molecule has 1 amide bonds. The number of aryl methyl sites for hydroxylation is 3. The summed E-state index contributed by atoms with van der Waals surface area (Å²) < 4.78 is 7.83. The molecule has 0 bridgehead atoms. The Morgan fingerprint density at radius 3 is 2.65 bits per heavy atom. The van der Waals surface area contributed by atoms with Crippen LogP contribution in [0.1, 0.15) is 73.2 Å². The van der Waals surface area contributed by atoms with Crippen molar-refractivity contribution in [2.45, 2.75) is 76.8 Å². The molecule has 1 saturated carbocycles. The molecule has 0 unspecified atom stereocenters. The maximum atomic E-state index is 13.4. The highest BCUT2D eigenvalue weighted by molar-refractivity contribution is 6.04. The number of imidazole rings is 1. The number of nitrogens with one attached hydrogen (secondary N) is 1. The lowest BCUT2D eigenvalue weighted by Crippen LogP contribution is -2.59. The van der Waals surface area contributed by atoms with Crippen molar-refractivity contribution in [2.24, 2.45) is 0 Å². The first kappa shape index (κ1) is 20.9. The summed E-state index contributed by atoms with van der Waals surface area (Å²) in [5, 5.41) is 3.32. The predicted molar refractivity (Wildman–Crippen MR) is 120 cm³/mol.